The molecule has 0 saturated carbocycles. The average molecular weight is 430 g/mol. The summed E-state index contributed by atoms with van der Waals surface area (Å²) in [6.07, 6.45) is -1.21. The fraction of sp³-hybridized carbons (Fsp3) is 0.120. The maximum Gasteiger partial charge on any atom is 0.339 e. The van der Waals surface area contributed by atoms with Crippen molar-refractivity contribution in [3.63, 3.8) is 0 Å². The Morgan fingerprint density at radius 2 is 1.41 bits per heavy atom. The van der Waals surface area contributed by atoms with Crippen molar-refractivity contribution in [2.24, 2.45) is 0 Å². The van der Waals surface area contributed by atoms with E-state index in [0.29, 0.717) is 22.5 Å². The molecule has 0 fully saturated rings. The van der Waals surface area contributed by atoms with Gasteiger partial charge in [-0.3, -0.25) is 14.4 Å². The molecule has 7 nitrogen and oxygen atoms in total. The van der Waals surface area contributed by atoms with Crippen LogP contribution in [0.25, 0.3) is 0 Å². The van der Waals surface area contributed by atoms with Gasteiger partial charge in [-0.05, 0) is 43.3 Å². The molecule has 2 amide bonds. The normalized spacial score (nSPS) is 11.2. The van der Waals surface area contributed by atoms with Gasteiger partial charge < -0.3 is 15.4 Å². The van der Waals surface area contributed by atoms with E-state index in [-0.39, 0.29) is 17.3 Å². The number of carbonyl (C=O) groups is 4. The highest BCUT2D eigenvalue weighted by atomic mass is 16.5. The molecule has 0 heterocycles. The third-order valence-corrected chi connectivity index (χ3v) is 4.54. The quantitative estimate of drug-likeness (QED) is 0.428. The zero-order valence-corrected chi connectivity index (χ0v) is 17.6. The average Bonchev–Trinajstić information content (AvgIpc) is 2.78. The summed E-state index contributed by atoms with van der Waals surface area (Å²) in [5.74, 6) is -1.61. The summed E-state index contributed by atoms with van der Waals surface area (Å²) < 4.78 is 5.55. The smallest absolute Gasteiger partial charge is 0.339 e. The predicted molar refractivity (Wildman–Crippen MR) is 120 cm³/mol. The predicted octanol–water partition coefficient (Wildman–Crippen LogP) is 4.38. The van der Waals surface area contributed by atoms with E-state index in [4.69, 9.17) is 4.74 Å². The van der Waals surface area contributed by atoms with Crippen molar-refractivity contribution in [2.75, 3.05) is 10.6 Å². The molecular formula is C25H22N2O5. The Bertz CT molecular complexity index is 1140. The van der Waals surface area contributed by atoms with E-state index in [2.05, 4.69) is 10.6 Å². The number of ketones is 1. The molecule has 0 aromatic heterocycles. The van der Waals surface area contributed by atoms with Crippen molar-refractivity contribution in [3.8, 4) is 0 Å². The van der Waals surface area contributed by atoms with Gasteiger partial charge in [0.25, 0.3) is 5.91 Å². The highest BCUT2D eigenvalue weighted by Crippen LogP contribution is 2.23. The van der Waals surface area contributed by atoms with Gasteiger partial charge in [0, 0.05) is 29.4 Å². The van der Waals surface area contributed by atoms with Crippen LogP contribution in [0.3, 0.4) is 0 Å². The molecular weight excluding hydrogens is 408 g/mol. The Labute approximate surface area is 185 Å². The molecule has 32 heavy (non-hydrogen) atoms. The van der Waals surface area contributed by atoms with Crippen molar-refractivity contribution in [1.82, 2.24) is 0 Å². The monoisotopic (exact) mass is 430 g/mol. The molecule has 0 spiro atoms. The summed E-state index contributed by atoms with van der Waals surface area (Å²) in [6, 6.07) is 21.3. The van der Waals surface area contributed by atoms with E-state index in [1.165, 1.54) is 26.0 Å². The lowest BCUT2D eigenvalue weighted by Crippen LogP contribution is -2.26. The Kier molecular flexibility index (Phi) is 7.13. The van der Waals surface area contributed by atoms with E-state index < -0.39 is 18.0 Å². The Balaban J connectivity index is 1.81. The Morgan fingerprint density at radius 1 is 0.719 bits per heavy atom. The Morgan fingerprint density at radius 3 is 2.03 bits per heavy atom. The van der Waals surface area contributed by atoms with E-state index >= 15 is 0 Å². The third-order valence-electron chi connectivity index (χ3n) is 4.54. The summed E-state index contributed by atoms with van der Waals surface area (Å²) in [5.41, 5.74) is 2.13. The van der Waals surface area contributed by atoms with Crippen molar-refractivity contribution in [3.05, 3.63) is 95.6 Å². The first-order valence-electron chi connectivity index (χ1n) is 9.89. The molecule has 0 aliphatic rings. The second-order valence-corrected chi connectivity index (χ2v) is 7.08. The van der Waals surface area contributed by atoms with Crippen LogP contribution in [0.1, 0.15) is 46.2 Å². The maximum atomic E-state index is 13.0. The minimum Gasteiger partial charge on any atom is -0.444 e. The van der Waals surface area contributed by atoms with Gasteiger partial charge in [-0.15, -0.1) is 0 Å². The van der Waals surface area contributed by atoms with Crippen LogP contribution in [0.15, 0.2) is 78.9 Å². The number of benzene rings is 3. The lowest BCUT2D eigenvalue weighted by atomic mass is 10.1. The van der Waals surface area contributed by atoms with E-state index in [1.807, 2.05) is 0 Å². The number of ether oxygens (including phenoxy) is 1. The first-order valence-corrected chi connectivity index (χ1v) is 9.89. The molecule has 0 bridgehead atoms. The molecule has 0 radical (unpaired) electrons. The summed E-state index contributed by atoms with van der Waals surface area (Å²) in [5, 5.41) is 5.32. The van der Waals surface area contributed by atoms with E-state index in [1.54, 1.807) is 66.7 Å². The van der Waals surface area contributed by atoms with Crippen LogP contribution in [0.4, 0.5) is 11.4 Å². The molecule has 0 aliphatic carbocycles. The minimum absolute atomic E-state index is 0.130. The number of nitrogens with one attached hydrogen (secondary N) is 2. The van der Waals surface area contributed by atoms with Gasteiger partial charge >= 0.3 is 5.97 Å². The summed E-state index contributed by atoms with van der Waals surface area (Å²) in [4.78, 5) is 48.5. The molecule has 0 saturated heterocycles. The number of esters is 1. The molecule has 7 heteroatoms. The number of anilines is 2. The standard InChI is InChI=1S/C25H22N2O5/c1-16(28)20-9-6-10-22(15-20)27-24(30)23(18-7-4-3-5-8-18)32-25(31)19-11-13-21(14-12-19)26-17(2)29/h3-15,23H,1-2H3,(H,26,29)(H,27,30)/t23-/m0/s1. The third kappa shape index (κ3) is 5.89. The molecule has 162 valence electrons. The lowest BCUT2D eigenvalue weighted by molar-refractivity contribution is -0.125. The SMILES string of the molecule is CC(=O)Nc1ccc(C(=O)O[C@H](C(=O)Nc2cccc(C(C)=O)c2)c2ccccc2)cc1. The second kappa shape index (κ2) is 10.2. The van der Waals surface area contributed by atoms with Gasteiger partial charge in [0.1, 0.15) is 0 Å². The number of hydrogen-bond donors (Lipinski definition) is 2. The molecule has 0 unspecified atom stereocenters. The molecule has 1 atom stereocenters. The largest absolute Gasteiger partial charge is 0.444 e. The number of rotatable bonds is 7. The highest BCUT2D eigenvalue weighted by Gasteiger charge is 2.26. The van der Waals surface area contributed by atoms with E-state index in [0.717, 1.165) is 0 Å². The van der Waals surface area contributed by atoms with Crippen molar-refractivity contribution in [2.45, 2.75) is 20.0 Å². The lowest BCUT2D eigenvalue weighted by Gasteiger charge is -2.18. The number of Topliss-reactive ketones (excluding diaryl/α,β-unsaturated/α-hetero) is 1. The summed E-state index contributed by atoms with van der Waals surface area (Å²) in [6.45, 7) is 2.82. The van der Waals surface area contributed by atoms with E-state index in [9.17, 15) is 19.2 Å². The molecule has 3 aromatic carbocycles. The number of hydrogen-bond acceptors (Lipinski definition) is 5. The van der Waals surface area contributed by atoms with Gasteiger partial charge in [0.2, 0.25) is 12.0 Å². The molecule has 2 N–H and O–H groups in total. The van der Waals surface area contributed by atoms with Crippen molar-refractivity contribution in [1.29, 1.82) is 0 Å². The highest BCUT2D eigenvalue weighted by molar-refractivity contribution is 6.00. The van der Waals surface area contributed by atoms with Crippen LogP contribution in [0, 0.1) is 0 Å². The van der Waals surface area contributed by atoms with Crippen molar-refractivity contribution >= 4 is 34.9 Å². The van der Waals surface area contributed by atoms with Gasteiger partial charge in [0.15, 0.2) is 5.78 Å². The van der Waals surface area contributed by atoms with Gasteiger partial charge in [-0.2, -0.15) is 0 Å². The maximum absolute atomic E-state index is 13.0. The fourth-order valence-electron chi connectivity index (χ4n) is 2.99. The zero-order chi connectivity index (χ0) is 23.1. The van der Waals surface area contributed by atoms with Crippen LogP contribution in [-0.4, -0.2) is 23.6 Å². The first-order chi connectivity index (χ1) is 15.3. The number of amides is 2. The minimum atomic E-state index is -1.21. The van der Waals surface area contributed by atoms with Crippen LogP contribution < -0.4 is 10.6 Å². The van der Waals surface area contributed by atoms with Crippen LogP contribution in [0.2, 0.25) is 0 Å². The first kappa shape index (κ1) is 22.4. The summed E-state index contributed by atoms with van der Waals surface area (Å²) >= 11 is 0. The molecule has 0 aliphatic heterocycles. The zero-order valence-electron chi connectivity index (χ0n) is 17.6. The second-order valence-electron chi connectivity index (χ2n) is 7.08. The van der Waals surface area contributed by atoms with Gasteiger partial charge in [-0.1, -0.05) is 42.5 Å². The van der Waals surface area contributed by atoms with Crippen LogP contribution in [0.5, 0.6) is 0 Å². The summed E-state index contributed by atoms with van der Waals surface area (Å²) in [7, 11) is 0. The topological polar surface area (TPSA) is 102 Å². The molecule has 3 rings (SSSR count). The fourth-order valence-corrected chi connectivity index (χ4v) is 2.99. The van der Waals surface area contributed by atoms with Gasteiger partial charge in [0.05, 0.1) is 5.56 Å². The van der Waals surface area contributed by atoms with Crippen molar-refractivity contribution < 1.29 is 23.9 Å². The van der Waals surface area contributed by atoms with Crippen LogP contribution >= 0.6 is 0 Å². The molecule has 3 aromatic rings. The Hall–Kier alpha value is -4.26. The number of carbonyl (C=O) groups excluding carboxylic acids is 4. The van der Waals surface area contributed by atoms with Gasteiger partial charge in [-0.25, -0.2) is 4.79 Å². The van der Waals surface area contributed by atoms with Crippen LogP contribution in [-0.2, 0) is 14.3 Å².